The Labute approximate surface area is 197 Å². The third kappa shape index (κ3) is 4.72. The predicted octanol–water partition coefficient (Wildman–Crippen LogP) is 2.83. The Hall–Kier alpha value is -3.92. The average Bonchev–Trinajstić information content (AvgIpc) is 3.14. The molecule has 34 heavy (non-hydrogen) atoms. The number of aryl methyl sites for hydroxylation is 1. The van der Waals surface area contributed by atoms with E-state index in [1.165, 1.54) is 18.4 Å². The maximum absolute atomic E-state index is 13.4. The first-order valence-electron chi connectivity index (χ1n) is 10.4. The number of carboxylic acid groups (broad SMARTS) is 1. The summed E-state index contributed by atoms with van der Waals surface area (Å²) in [5.74, 6) is -0.630. The van der Waals surface area contributed by atoms with Crippen molar-refractivity contribution in [2.24, 2.45) is 10.4 Å². The number of hydrogen-bond acceptors (Lipinski definition) is 6. The maximum Gasteiger partial charge on any atom is 0.335 e. The average molecular weight is 484 g/mol. The van der Waals surface area contributed by atoms with Crippen molar-refractivity contribution in [3.8, 4) is 0 Å². The Morgan fingerprint density at radius 1 is 1.18 bits per heavy atom. The molecule has 0 aliphatic carbocycles. The van der Waals surface area contributed by atoms with E-state index in [1.54, 1.807) is 49.4 Å². The molecule has 10 nitrogen and oxygen atoms in total. The number of aromatic amines is 1. The van der Waals surface area contributed by atoms with Crippen LogP contribution in [0.1, 0.15) is 25.3 Å². The normalized spacial score (nSPS) is 12.4. The van der Waals surface area contributed by atoms with Gasteiger partial charge in [0.05, 0.1) is 17.6 Å². The molecule has 4 aromatic rings. The molecule has 0 spiro atoms. The fourth-order valence-electron chi connectivity index (χ4n) is 3.38. The van der Waals surface area contributed by atoms with E-state index in [9.17, 15) is 19.5 Å². The molecule has 0 radical (unpaired) electrons. The van der Waals surface area contributed by atoms with Crippen LogP contribution in [0.15, 0.2) is 61.5 Å². The van der Waals surface area contributed by atoms with Gasteiger partial charge in [0.2, 0.25) is 5.62 Å². The molecular formula is C23H22ClN5O5. The molecule has 0 bridgehead atoms. The number of carboxylic acids is 1. The standard InChI is InChI=1S/C23H22ClN5O5/c1-13-25-17-9-8-16(10-18(17)34-13)26-20-27-21(32)29(12-23(2,3)19(30)31)22(33)28(20)11-14-4-6-15(24)7-5-14/h4-10H,11-12H2,1-3H3,(H,30,31)(H,26,27,32). The van der Waals surface area contributed by atoms with E-state index >= 15 is 0 Å². The second kappa shape index (κ2) is 8.79. The van der Waals surface area contributed by atoms with E-state index in [-0.39, 0.29) is 18.7 Å². The summed E-state index contributed by atoms with van der Waals surface area (Å²) in [6, 6.07) is 11.9. The second-order valence-corrected chi connectivity index (χ2v) is 8.96. The summed E-state index contributed by atoms with van der Waals surface area (Å²) in [6.45, 7) is 4.37. The maximum atomic E-state index is 13.4. The summed E-state index contributed by atoms with van der Waals surface area (Å²) in [5.41, 5.74) is -0.446. The minimum absolute atomic E-state index is 0.00455. The largest absolute Gasteiger partial charge is 0.481 e. The first kappa shape index (κ1) is 23.2. The molecule has 0 amide bonds. The van der Waals surface area contributed by atoms with Crippen LogP contribution >= 0.6 is 11.6 Å². The van der Waals surface area contributed by atoms with Crippen LogP contribution < -0.4 is 17.0 Å². The summed E-state index contributed by atoms with van der Waals surface area (Å²) in [5, 5.41) is 10.0. The van der Waals surface area contributed by atoms with Gasteiger partial charge in [-0.15, -0.1) is 0 Å². The molecule has 0 unspecified atom stereocenters. The van der Waals surface area contributed by atoms with E-state index in [2.05, 4.69) is 15.0 Å². The van der Waals surface area contributed by atoms with Gasteiger partial charge in [-0.2, -0.15) is 0 Å². The van der Waals surface area contributed by atoms with Crippen molar-refractivity contribution in [3.63, 3.8) is 0 Å². The number of nitrogens with zero attached hydrogens (tertiary/aromatic N) is 4. The fourth-order valence-corrected chi connectivity index (χ4v) is 3.51. The van der Waals surface area contributed by atoms with Gasteiger partial charge >= 0.3 is 17.3 Å². The number of halogens is 1. The summed E-state index contributed by atoms with van der Waals surface area (Å²) >= 11 is 5.97. The number of aromatic nitrogens is 4. The molecule has 2 aromatic carbocycles. The number of benzene rings is 2. The fraction of sp³-hybridized carbons (Fsp3) is 0.261. The van der Waals surface area contributed by atoms with E-state index in [1.807, 2.05) is 0 Å². The smallest absolute Gasteiger partial charge is 0.335 e. The molecule has 0 aliphatic rings. The van der Waals surface area contributed by atoms with Gasteiger partial charge in [-0.05, 0) is 43.7 Å². The number of oxazole rings is 1. The Bertz CT molecular complexity index is 1570. The van der Waals surface area contributed by atoms with Crippen molar-refractivity contribution >= 4 is 34.4 Å². The third-order valence-corrected chi connectivity index (χ3v) is 5.53. The molecule has 0 fully saturated rings. The molecular weight excluding hydrogens is 462 g/mol. The SMILES string of the molecule is Cc1nc2ccc(/N=c3\[nH]c(=O)n(CC(C)(C)C(=O)O)c(=O)n3Cc3ccc(Cl)cc3)cc2o1. The van der Waals surface area contributed by atoms with Crippen LogP contribution in [0.2, 0.25) is 5.02 Å². The van der Waals surface area contributed by atoms with Crippen LogP contribution in [0.3, 0.4) is 0 Å². The predicted molar refractivity (Wildman–Crippen MR) is 125 cm³/mol. The Morgan fingerprint density at radius 2 is 1.88 bits per heavy atom. The van der Waals surface area contributed by atoms with Crippen LogP contribution in [-0.4, -0.2) is 30.2 Å². The Morgan fingerprint density at radius 3 is 2.56 bits per heavy atom. The number of H-pyrrole nitrogens is 1. The lowest BCUT2D eigenvalue weighted by atomic mass is 9.94. The summed E-state index contributed by atoms with van der Waals surface area (Å²) in [4.78, 5) is 49.1. The topological polar surface area (TPSA) is 135 Å². The zero-order chi connectivity index (χ0) is 24.6. The van der Waals surface area contributed by atoms with Gasteiger partial charge in [0.25, 0.3) is 0 Å². The van der Waals surface area contributed by atoms with E-state index in [0.29, 0.717) is 27.7 Å². The monoisotopic (exact) mass is 483 g/mol. The number of rotatable bonds is 6. The van der Waals surface area contributed by atoms with E-state index in [4.69, 9.17) is 16.0 Å². The molecule has 0 saturated heterocycles. The van der Waals surface area contributed by atoms with E-state index < -0.39 is 22.8 Å². The van der Waals surface area contributed by atoms with Crippen LogP contribution in [0.4, 0.5) is 5.69 Å². The zero-order valence-electron chi connectivity index (χ0n) is 18.7. The lowest BCUT2D eigenvalue weighted by Crippen LogP contribution is -2.52. The van der Waals surface area contributed by atoms with Crippen LogP contribution in [-0.2, 0) is 17.9 Å². The number of carbonyl (C=O) groups is 1. The lowest BCUT2D eigenvalue weighted by Gasteiger charge is -2.20. The van der Waals surface area contributed by atoms with Crippen molar-refractivity contribution in [1.29, 1.82) is 0 Å². The number of hydrogen-bond donors (Lipinski definition) is 2. The Balaban J connectivity index is 1.91. The van der Waals surface area contributed by atoms with Crippen molar-refractivity contribution < 1.29 is 14.3 Å². The second-order valence-electron chi connectivity index (χ2n) is 8.52. The minimum atomic E-state index is -1.34. The van der Waals surface area contributed by atoms with Crippen LogP contribution in [0, 0.1) is 12.3 Å². The molecule has 0 saturated carbocycles. The van der Waals surface area contributed by atoms with Crippen molar-refractivity contribution in [3.05, 3.63) is 85.5 Å². The molecule has 11 heteroatoms. The van der Waals surface area contributed by atoms with Gasteiger partial charge in [-0.25, -0.2) is 24.1 Å². The van der Waals surface area contributed by atoms with Gasteiger partial charge in [0, 0.05) is 24.6 Å². The third-order valence-electron chi connectivity index (χ3n) is 5.28. The number of aliphatic carboxylic acids is 1. The number of nitrogens with one attached hydrogen (secondary N) is 1. The van der Waals surface area contributed by atoms with Gasteiger partial charge in [0.1, 0.15) is 5.52 Å². The molecule has 0 aliphatic heterocycles. The zero-order valence-corrected chi connectivity index (χ0v) is 19.5. The summed E-state index contributed by atoms with van der Waals surface area (Å²) in [7, 11) is 0. The highest BCUT2D eigenvalue weighted by Gasteiger charge is 2.29. The molecule has 4 rings (SSSR count). The first-order chi connectivity index (χ1) is 16.0. The molecule has 176 valence electrons. The highest BCUT2D eigenvalue weighted by molar-refractivity contribution is 6.30. The first-order valence-corrected chi connectivity index (χ1v) is 10.7. The van der Waals surface area contributed by atoms with Gasteiger partial charge in [0.15, 0.2) is 11.5 Å². The van der Waals surface area contributed by atoms with Gasteiger partial charge in [-0.1, -0.05) is 23.7 Å². The highest BCUT2D eigenvalue weighted by atomic mass is 35.5. The van der Waals surface area contributed by atoms with Crippen LogP contribution in [0.25, 0.3) is 11.1 Å². The number of fused-ring (bicyclic) bond motifs is 1. The van der Waals surface area contributed by atoms with Gasteiger partial charge < -0.3 is 9.52 Å². The summed E-state index contributed by atoms with van der Waals surface area (Å²) < 4.78 is 7.69. The lowest BCUT2D eigenvalue weighted by molar-refractivity contribution is -0.147. The van der Waals surface area contributed by atoms with Crippen molar-refractivity contribution in [2.45, 2.75) is 33.9 Å². The quantitative estimate of drug-likeness (QED) is 0.433. The van der Waals surface area contributed by atoms with Crippen molar-refractivity contribution in [1.82, 2.24) is 19.1 Å². The molecule has 2 aromatic heterocycles. The van der Waals surface area contributed by atoms with Crippen molar-refractivity contribution in [2.75, 3.05) is 0 Å². The van der Waals surface area contributed by atoms with Gasteiger partial charge in [-0.3, -0.25) is 14.3 Å². The minimum Gasteiger partial charge on any atom is -0.481 e. The van der Waals surface area contributed by atoms with Crippen LogP contribution in [0.5, 0.6) is 0 Å². The van der Waals surface area contributed by atoms with E-state index in [0.717, 1.165) is 10.1 Å². The highest BCUT2D eigenvalue weighted by Crippen LogP contribution is 2.21. The molecule has 2 heterocycles. The Kier molecular flexibility index (Phi) is 6.01. The molecule has 2 N–H and O–H groups in total. The summed E-state index contributed by atoms with van der Waals surface area (Å²) in [6.07, 6.45) is 0. The molecule has 0 atom stereocenters.